The molecule has 1 aromatic heterocycles. The van der Waals surface area contributed by atoms with Crippen molar-refractivity contribution in [1.82, 2.24) is 15.3 Å². The number of aromatic nitrogens is 2. The van der Waals surface area contributed by atoms with E-state index in [0.717, 1.165) is 24.3 Å². The lowest BCUT2D eigenvalue weighted by Crippen LogP contribution is -2.18. The molecule has 0 unspecified atom stereocenters. The van der Waals surface area contributed by atoms with Gasteiger partial charge in [0.05, 0.1) is 17.7 Å². The van der Waals surface area contributed by atoms with Crippen LogP contribution in [0.5, 0.6) is 0 Å². The van der Waals surface area contributed by atoms with Crippen molar-refractivity contribution in [3.05, 3.63) is 42.0 Å². The largest absolute Gasteiger partial charge is 0.397 e. The first-order valence-electron chi connectivity index (χ1n) is 6.03. The molecule has 1 aromatic carbocycles. The summed E-state index contributed by atoms with van der Waals surface area (Å²) in [5, 5.41) is 5.79. The Morgan fingerprint density at radius 2 is 2.32 bits per heavy atom. The number of aromatic amines is 1. The Morgan fingerprint density at radius 3 is 2.95 bits per heavy atom. The summed E-state index contributed by atoms with van der Waals surface area (Å²) in [5.74, 6) is -0.143. The van der Waals surface area contributed by atoms with Crippen molar-refractivity contribution in [2.24, 2.45) is 0 Å². The summed E-state index contributed by atoms with van der Waals surface area (Å²) >= 11 is 0. The maximum atomic E-state index is 11.4. The lowest BCUT2D eigenvalue weighted by atomic mass is 10.1. The standard InChI is InChI=1S/C13H17N5O/c1-15-13(19)9-2-3-12(11(14)6-9)17-5-4-10-7-16-8-18-10/h2-3,6-8,17H,4-5,14H2,1H3,(H,15,19)(H,16,18). The molecule has 0 spiro atoms. The number of imidazole rings is 1. The maximum Gasteiger partial charge on any atom is 0.251 e. The third kappa shape index (κ3) is 3.25. The number of nitrogen functional groups attached to an aromatic ring is 1. The summed E-state index contributed by atoms with van der Waals surface area (Å²) in [6, 6.07) is 5.22. The highest BCUT2D eigenvalue weighted by Crippen LogP contribution is 2.19. The molecule has 0 atom stereocenters. The van der Waals surface area contributed by atoms with E-state index in [2.05, 4.69) is 20.6 Å². The molecule has 1 heterocycles. The summed E-state index contributed by atoms with van der Waals surface area (Å²) in [4.78, 5) is 18.4. The number of carbonyl (C=O) groups is 1. The Bertz CT molecular complexity index is 550. The number of rotatable bonds is 5. The molecular formula is C13H17N5O. The van der Waals surface area contributed by atoms with Gasteiger partial charge in [0.15, 0.2) is 0 Å². The van der Waals surface area contributed by atoms with Crippen LogP contribution >= 0.6 is 0 Å². The average Bonchev–Trinajstić information content (AvgIpc) is 2.93. The molecule has 19 heavy (non-hydrogen) atoms. The van der Waals surface area contributed by atoms with E-state index in [1.807, 2.05) is 6.07 Å². The van der Waals surface area contributed by atoms with E-state index in [9.17, 15) is 4.79 Å². The van der Waals surface area contributed by atoms with E-state index >= 15 is 0 Å². The first-order chi connectivity index (χ1) is 9.20. The van der Waals surface area contributed by atoms with E-state index in [4.69, 9.17) is 5.73 Å². The Hall–Kier alpha value is -2.50. The number of nitrogens with one attached hydrogen (secondary N) is 3. The fourth-order valence-corrected chi connectivity index (χ4v) is 1.76. The second-order valence-electron chi connectivity index (χ2n) is 4.13. The monoisotopic (exact) mass is 259 g/mol. The molecular weight excluding hydrogens is 242 g/mol. The minimum atomic E-state index is -0.143. The van der Waals surface area contributed by atoms with Gasteiger partial charge in [-0.2, -0.15) is 0 Å². The number of benzene rings is 1. The topological polar surface area (TPSA) is 95.8 Å². The summed E-state index contributed by atoms with van der Waals surface area (Å²) in [6.07, 6.45) is 4.28. The van der Waals surface area contributed by atoms with Crippen molar-refractivity contribution >= 4 is 17.3 Å². The lowest BCUT2D eigenvalue weighted by Gasteiger charge is -2.10. The van der Waals surface area contributed by atoms with Gasteiger partial charge in [-0.05, 0) is 18.2 Å². The van der Waals surface area contributed by atoms with Crippen LogP contribution in [-0.2, 0) is 6.42 Å². The Balaban J connectivity index is 1.95. The van der Waals surface area contributed by atoms with Crippen LogP contribution in [0.3, 0.4) is 0 Å². The SMILES string of the molecule is CNC(=O)c1ccc(NCCc2cnc[nH]2)c(N)c1. The first-order valence-corrected chi connectivity index (χ1v) is 6.03. The molecule has 0 aliphatic heterocycles. The zero-order chi connectivity index (χ0) is 13.7. The number of nitrogens with zero attached hydrogens (tertiary/aromatic N) is 1. The highest BCUT2D eigenvalue weighted by molar-refractivity contribution is 5.95. The van der Waals surface area contributed by atoms with Crippen LogP contribution in [-0.4, -0.2) is 29.5 Å². The average molecular weight is 259 g/mol. The maximum absolute atomic E-state index is 11.4. The van der Waals surface area contributed by atoms with E-state index in [1.165, 1.54) is 0 Å². The van der Waals surface area contributed by atoms with Gasteiger partial charge in [-0.3, -0.25) is 4.79 Å². The van der Waals surface area contributed by atoms with Crippen molar-refractivity contribution in [3.63, 3.8) is 0 Å². The Labute approximate surface area is 111 Å². The Kier molecular flexibility index (Phi) is 4.02. The van der Waals surface area contributed by atoms with Gasteiger partial charge in [0.1, 0.15) is 0 Å². The summed E-state index contributed by atoms with van der Waals surface area (Å²) in [7, 11) is 1.59. The van der Waals surface area contributed by atoms with Gasteiger partial charge >= 0.3 is 0 Å². The predicted molar refractivity (Wildman–Crippen MR) is 75.0 cm³/mol. The van der Waals surface area contributed by atoms with Crippen molar-refractivity contribution in [1.29, 1.82) is 0 Å². The summed E-state index contributed by atoms with van der Waals surface area (Å²) in [5.41, 5.74) is 8.92. The number of carbonyl (C=O) groups excluding carboxylic acids is 1. The molecule has 2 rings (SSSR count). The fourth-order valence-electron chi connectivity index (χ4n) is 1.76. The van der Waals surface area contributed by atoms with Gasteiger partial charge in [0.2, 0.25) is 0 Å². The van der Waals surface area contributed by atoms with Crippen LogP contribution in [0.4, 0.5) is 11.4 Å². The normalized spacial score (nSPS) is 10.2. The molecule has 0 radical (unpaired) electrons. The number of anilines is 2. The zero-order valence-electron chi connectivity index (χ0n) is 10.7. The smallest absolute Gasteiger partial charge is 0.251 e. The van der Waals surface area contributed by atoms with Crippen LogP contribution in [0.2, 0.25) is 0 Å². The predicted octanol–water partition coefficient (Wildman–Crippen LogP) is 1.01. The molecule has 0 bridgehead atoms. The summed E-state index contributed by atoms with van der Waals surface area (Å²) < 4.78 is 0. The molecule has 1 amide bonds. The lowest BCUT2D eigenvalue weighted by molar-refractivity contribution is 0.0963. The quantitative estimate of drug-likeness (QED) is 0.602. The van der Waals surface area contributed by atoms with E-state index in [1.54, 1.807) is 31.7 Å². The van der Waals surface area contributed by atoms with Crippen molar-refractivity contribution in [2.45, 2.75) is 6.42 Å². The number of hydrogen-bond acceptors (Lipinski definition) is 4. The van der Waals surface area contributed by atoms with Gasteiger partial charge in [-0.1, -0.05) is 0 Å². The zero-order valence-corrected chi connectivity index (χ0v) is 10.7. The minimum Gasteiger partial charge on any atom is -0.397 e. The van der Waals surface area contributed by atoms with Crippen LogP contribution < -0.4 is 16.4 Å². The molecule has 0 aliphatic rings. The van der Waals surface area contributed by atoms with Crippen molar-refractivity contribution < 1.29 is 4.79 Å². The van der Waals surface area contributed by atoms with Gasteiger partial charge in [0, 0.05) is 37.5 Å². The van der Waals surface area contributed by atoms with Crippen molar-refractivity contribution in [3.8, 4) is 0 Å². The molecule has 5 N–H and O–H groups in total. The number of amides is 1. The van der Waals surface area contributed by atoms with E-state index < -0.39 is 0 Å². The second-order valence-corrected chi connectivity index (χ2v) is 4.13. The highest BCUT2D eigenvalue weighted by Gasteiger charge is 2.06. The molecule has 0 saturated heterocycles. The van der Waals surface area contributed by atoms with Crippen molar-refractivity contribution in [2.75, 3.05) is 24.6 Å². The van der Waals surface area contributed by atoms with E-state index in [0.29, 0.717) is 11.3 Å². The Morgan fingerprint density at radius 1 is 1.47 bits per heavy atom. The third-order valence-corrected chi connectivity index (χ3v) is 2.81. The molecule has 0 fully saturated rings. The van der Waals surface area contributed by atoms with E-state index in [-0.39, 0.29) is 5.91 Å². The molecule has 0 aliphatic carbocycles. The van der Waals surface area contributed by atoms with Gasteiger partial charge in [-0.25, -0.2) is 4.98 Å². The van der Waals surface area contributed by atoms with Crippen LogP contribution in [0.15, 0.2) is 30.7 Å². The van der Waals surface area contributed by atoms with Gasteiger partial charge < -0.3 is 21.4 Å². The first kappa shape index (κ1) is 12.9. The molecule has 2 aromatic rings. The van der Waals surface area contributed by atoms with Crippen LogP contribution in [0.1, 0.15) is 16.1 Å². The second kappa shape index (κ2) is 5.90. The number of hydrogen-bond donors (Lipinski definition) is 4. The molecule has 6 nitrogen and oxygen atoms in total. The fraction of sp³-hybridized carbons (Fsp3) is 0.231. The van der Waals surface area contributed by atoms with Gasteiger partial charge in [-0.15, -0.1) is 0 Å². The van der Waals surface area contributed by atoms with Crippen LogP contribution in [0, 0.1) is 0 Å². The minimum absolute atomic E-state index is 0.143. The highest BCUT2D eigenvalue weighted by atomic mass is 16.1. The molecule has 0 saturated carbocycles. The van der Waals surface area contributed by atoms with Gasteiger partial charge in [0.25, 0.3) is 5.91 Å². The van der Waals surface area contributed by atoms with Crippen LogP contribution in [0.25, 0.3) is 0 Å². The molecule has 6 heteroatoms. The third-order valence-electron chi connectivity index (χ3n) is 2.81. The number of nitrogens with two attached hydrogens (primary N) is 1. The number of H-pyrrole nitrogens is 1. The summed E-state index contributed by atoms with van der Waals surface area (Å²) in [6.45, 7) is 0.742. The molecule has 100 valence electrons.